The minimum atomic E-state index is -0.200. The molecule has 2 aromatic rings. The van der Waals surface area contributed by atoms with E-state index < -0.39 is 0 Å². The molecule has 2 aromatic carbocycles. The van der Waals surface area contributed by atoms with Gasteiger partial charge in [-0.3, -0.25) is 4.79 Å². The molecule has 1 aliphatic rings. The third kappa shape index (κ3) is 6.23. The van der Waals surface area contributed by atoms with Crippen LogP contribution in [-0.2, 0) is 16.2 Å². The number of methoxy groups -OCH3 is 2. The second-order valence-corrected chi connectivity index (χ2v) is 9.03. The van der Waals surface area contributed by atoms with Crippen LogP contribution in [0.3, 0.4) is 0 Å². The summed E-state index contributed by atoms with van der Waals surface area (Å²) in [6, 6.07) is 15.6. The molecule has 0 aliphatic carbocycles. The molecule has 0 aromatic heterocycles. The average Bonchev–Trinajstić information content (AvgIpc) is 3.20. The maximum atomic E-state index is 13.1. The van der Waals surface area contributed by atoms with Crippen molar-refractivity contribution in [3.8, 4) is 11.5 Å². The molecule has 0 bridgehead atoms. The van der Waals surface area contributed by atoms with Gasteiger partial charge in [0.15, 0.2) is 6.10 Å². The smallest absolute Gasteiger partial charge is 0.223 e. The summed E-state index contributed by atoms with van der Waals surface area (Å²) in [5.41, 5.74) is 2.68. The molecule has 1 aliphatic heterocycles. The Morgan fingerprint density at radius 3 is 2.61 bits per heavy atom. The summed E-state index contributed by atoms with van der Waals surface area (Å²) in [4.78, 5) is 20.7. The van der Waals surface area contributed by atoms with Gasteiger partial charge in [-0.2, -0.15) is 0 Å². The van der Waals surface area contributed by atoms with Crippen molar-refractivity contribution in [3.05, 3.63) is 59.7 Å². The van der Waals surface area contributed by atoms with Gasteiger partial charge in [-0.25, -0.2) is 0 Å². The third-order valence-corrected chi connectivity index (χ3v) is 5.12. The van der Waals surface area contributed by atoms with Crippen molar-refractivity contribution >= 4 is 11.6 Å². The van der Waals surface area contributed by atoms with E-state index in [-0.39, 0.29) is 17.4 Å². The molecule has 0 spiro atoms. The van der Waals surface area contributed by atoms with Crippen molar-refractivity contribution in [1.29, 1.82) is 0 Å². The molecule has 1 amide bonds. The monoisotopic (exact) mass is 424 g/mol. The largest absolute Gasteiger partial charge is 0.497 e. The molecule has 0 saturated heterocycles. The van der Waals surface area contributed by atoms with Crippen LogP contribution in [0, 0.1) is 5.41 Å². The first-order valence-electron chi connectivity index (χ1n) is 10.6. The summed E-state index contributed by atoms with van der Waals surface area (Å²) in [5, 5.41) is 4.30. The SMILES string of the molecule is COc1cccc(CN(C[C@H]2CC(c3ccccc3OC)=NO2)C(=O)CC(C)(C)C)c1. The van der Waals surface area contributed by atoms with Gasteiger partial charge in [-0.1, -0.05) is 50.2 Å². The number of carbonyl (C=O) groups excluding carboxylic acids is 1. The van der Waals surface area contributed by atoms with Gasteiger partial charge in [-0.15, -0.1) is 0 Å². The van der Waals surface area contributed by atoms with Crippen LogP contribution in [-0.4, -0.2) is 43.4 Å². The highest BCUT2D eigenvalue weighted by Gasteiger charge is 2.29. The third-order valence-electron chi connectivity index (χ3n) is 5.12. The van der Waals surface area contributed by atoms with Crippen LogP contribution in [0.2, 0.25) is 0 Å². The molecule has 3 rings (SSSR count). The van der Waals surface area contributed by atoms with Crippen LogP contribution in [0.4, 0.5) is 0 Å². The number of amides is 1. The lowest BCUT2D eigenvalue weighted by atomic mass is 9.91. The minimum absolute atomic E-state index is 0.0979. The molecule has 6 heteroatoms. The van der Waals surface area contributed by atoms with E-state index in [4.69, 9.17) is 14.3 Å². The molecule has 0 saturated carbocycles. The number of nitrogens with zero attached hydrogens (tertiary/aromatic N) is 2. The Labute approximate surface area is 184 Å². The lowest BCUT2D eigenvalue weighted by molar-refractivity contribution is -0.135. The first-order valence-corrected chi connectivity index (χ1v) is 10.6. The molecule has 0 fully saturated rings. The first-order chi connectivity index (χ1) is 14.8. The molecule has 0 N–H and O–H groups in total. The normalized spacial score (nSPS) is 15.8. The van der Waals surface area contributed by atoms with Gasteiger partial charge in [0, 0.05) is 24.9 Å². The van der Waals surface area contributed by atoms with E-state index in [1.807, 2.05) is 53.4 Å². The quantitative estimate of drug-likeness (QED) is 0.618. The van der Waals surface area contributed by atoms with Crippen LogP contribution in [0.1, 0.15) is 44.7 Å². The van der Waals surface area contributed by atoms with Gasteiger partial charge in [0.25, 0.3) is 0 Å². The van der Waals surface area contributed by atoms with Crippen LogP contribution < -0.4 is 9.47 Å². The molecule has 166 valence electrons. The second kappa shape index (κ2) is 9.86. The number of hydrogen-bond donors (Lipinski definition) is 0. The van der Waals surface area contributed by atoms with Gasteiger partial charge in [-0.05, 0) is 35.2 Å². The zero-order valence-electron chi connectivity index (χ0n) is 19.1. The number of rotatable bonds is 8. The molecule has 0 unspecified atom stereocenters. The Morgan fingerprint density at radius 1 is 1.13 bits per heavy atom. The molecule has 1 heterocycles. The van der Waals surface area contributed by atoms with Gasteiger partial charge >= 0.3 is 0 Å². The second-order valence-electron chi connectivity index (χ2n) is 9.03. The van der Waals surface area contributed by atoms with Crippen LogP contribution in [0.5, 0.6) is 11.5 Å². The molecule has 6 nitrogen and oxygen atoms in total. The van der Waals surface area contributed by atoms with Crippen molar-refractivity contribution < 1.29 is 19.1 Å². The zero-order chi connectivity index (χ0) is 22.4. The number of carbonyl (C=O) groups is 1. The standard InChI is InChI=1S/C25H32N2O4/c1-25(2,3)15-24(28)27(16-18-9-8-10-19(13-18)29-4)17-20-14-22(26-31-20)21-11-6-7-12-23(21)30-5/h6-13,20H,14-17H2,1-5H3/t20-/m1/s1. The maximum absolute atomic E-state index is 13.1. The van der Waals surface area contributed by atoms with E-state index in [1.54, 1.807) is 14.2 Å². The summed E-state index contributed by atoms with van der Waals surface area (Å²) in [6.45, 7) is 7.18. The average molecular weight is 425 g/mol. The number of para-hydroxylation sites is 1. The number of oxime groups is 1. The Kier molecular flexibility index (Phi) is 7.21. The summed E-state index contributed by atoms with van der Waals surface area (Å²) >= 11 is 0. The van der Waals surface area contributed by atoms with Gasteiger partial charge in [0.1, 0.15) is 11.5 Å². The highest BCUT2D eigenvalue weighted by atomic mass is 16.6. The van der Waals surface area contributed by atoms with Crippen molar-refractivity contribution in [2.24, 2.45) is 10.6 Å². The predicted octanol–water partition coefficient (Wildman–Crippen LogP) is 4.66. The Balaban J connectivity index is 1.73. The summed E-state index contributed by atoms with van der Waals surface area (Å²) < 4.78 is 10.8. The van der Waals surface area contributed by atoms with Crippen molar-refractivity contribution in [2.45, 2.75) is 46.3 Å². The van der Waals surface area contributed by atoms with Crippen molar-refractivity contribution in [1.82, 2.24) is 4.90 Å². The fourth-order valence-corrected chi connectivity index (χ4v) is 3.63. The van der Waals surface area contributed by atoms with Gasteiger partial charge in [0.05, 0.1) is 26.5 Å². The topological polar surface area (TPSA) is 60.4 Å². The maximum Gasteiger partial charge on any atom is 0.223 e. The first kappa shape index (κ1) is 22.7. The highest BCUT2D eigenvalue weighted by Crippen LogP contribution is 2.27. The minimum Gasteiger partial charge on any atom is -0.497 e. The van der Waals surface area contributed by atoms with E-state index in [9.17, 15) is 4.79 Å². The fraction of sp³-hybridized carbons (Fsp3) is 0.440. The number of benzene rings is 2. The fourth-order valence-electron chi connectivity index (χ4n) is 3.63. The van der Waals surface area contributed by atoms with Crippen LogP contribution in [0.15, 0.2) is 53.7 Å². The summed E-state index contributed by atoms with van der Waals surface area (Å²) in [7, 11) is 3.29. The Bertz CT molecular complexity index is 933. The van der Waals surface area contributed by atoms with Gasteiger partial charge in [0.2, 0.25) is 5.91 Å². The molecular formula is C25H32N2O4. The van der Waals surface area contributed by atoms with Gasteiger partial charge < -0.3 is 19.2 Å². The summed E-state index contributed by atoms with van der Waals surface area (Å²) in [6.07, 6.45) is 0.885. The Hall–Kier alpha value is -3.02. The number of ether oxygens (including phenoxy) is 2. The van der Waals surface area contributed by atoms with E-state index in [0.29, 0.717) is 25.9 Å². The molecule has 31 heavy (non-hydrogen) atoms. The molecule has 1 atom stereocenters. The van der Waals surface area contributed by atoms with Crippen molar-refractivity contribution in [2.75, 3.05) is 20.8 Å². The van der Waals surface area contributed by atoms with E-state index in [1.165, 1.54) is 0 Å². The van der Waals surface area contributed by atoms with E-state index in [2.05, 4.69) is 25.9 Å². The van der Waals surface area contributed by atoms with Crippen LogP contribution in [0.25, 0.3) is 0 Å². The lowest BCUT2D eigenvalue weighted by Gasteiger charge is -2.28. The molecular weight excluding hydrogens is 392 g/mol. The lowest BCUT2D eigenvalue weighted by Crippen LogP contribution is -2.38. The zero-order valence-corrected chi connectivity index (χ0v) is 19.1. The Morgan fingerprint density at radius 2 is 1.90 bits per heavy atom. The van der Waals surface area contributed by atoms with E-state index >= 15 is 0 Å². The highest BCUT2D eigenvalue weighted by molar-refractivity contribution is 6.03. The van der Waals surface area contributed by atoms with Crippen molar-refractivity contribution in [3.63, 3.8) is 0 Å². The predicted molar refractivity (Wildman–Crippen MR) is 122 cm³/mol. The summed E-state index contributed by atoms with van der Waals surface area (Å²) in [5.74, 6) is 1.65. The molecule has 0 radical (unpaired) electrons. The number of hydrogen-bond acceptors (Lipinski definition) is 5. The van der Waals surface area contributed by atoms with Crippen LogP contribution >= 0.6 is 0 Å². The van der Waals surface area contributed by atoms with E-state index in [0.717, 1.165) is 28.3 Å².